The van der Waals surface area contributed by atoms with Crippen LogP contribution in [0.1, 0.15) is 12.5 Å². The van der Waals surface area contributed by atoms with Gasteiger partial charge in [0.05, 0.1) is 10.0 Å². The Hall–Kier alpha value is -2.29. The number of hydrogen-bond donors (Lipinski definition) is 0. The van der Waals surface area contributed by atoms with Crippen LogP contribution in [0.5, 0.6) is 0 Å². The van der Waals surface area contributed by atoms with Gasteiger partial charge < -0.3 is 9.57 Å². The second-order valence-corrected chi connectivity index (χ2v) is 7.41. The molecule has 0 N–H and O–H groups in total. The highest BCUT2D eigenvalue weighted by Crippen LogP contribution is 2.32. The Kier molecular flexibility index (Phi) is 6.47. The molecule has 0 aromatic heterocycles. The van der Waals surface area contributed by atoms with Gasteiger partial charge in [-0.05, 0) is 22.2 Å². The fraction of sp³-hybridized carbons (Fsp3) is 0.125. The van der Waals surface area contributed by atoms with Crippen molar-refractivity contribution in [1.29, 1.82) is 0 Å². The largest absolute Gasteiger partial charge is 0.459 e. The number of benzene rings is 2. The first kappa shape index (κ1) is 20.0. The van der Waals surface area contributed by atoms with E-state index in [1.54, 1.807) is 30.3 Å². The van der Waals surface area contributed by atoms with Gasteiger partial charge in [0.1, 0.15) is 11.5 Å². The van der Waals surface area contributed by atoms with Crippen LogP contribution in [0, 0.1) is 0 Å². The van der Waals surface area contributed by atoms with E-state index in [1.165, 1.54) is 18.2 Å². The van der Waals surface area contributed by atoms with E-state index in [4.69, 9.17) is 27.9 Å². The van der Waals surface area contributed by atoms with Crippen molar-refractivity contribution in [3.63, 3.8) is 0 Å². The fourth-order valence-electron chi connectivity index (χ4n) is 1.89. The van der Waals surface area contributed by atoms with E-state index in [1.807, 2.05) is 0 Å². The van der Waals surface area contributed by atoms with Crippen LogP contribution in [-0.4, -0.2) is 24.9 Å². The SMILES string of the molecule is CC(=O)ON(C(=O)OCc1ccccc1)S(=O)(=O)c1c(Cl)cccc1Cl. The zero-order valence-corrected chi connectivity index (χ0v) is 15.7. The second-order valence-electron chi connectivity index (χ2n) is 4.91. The van der Waals surface area contributed by atoms with Gasteiger partial charge in [0.2, 0.25) is 0 Å². The van der Waals surface area contributed by atoms with Crippen molar-refractivity contribution < 1.29 is 27.6 Å². The molecule has 0 unspecified atom stereocenters. The maximum Gasteiger partial charge on any atom is 0.459 e. The highest BCUT2D eigenvalue weighted by molar-refractivity contribution is 7.89. The standard InChI is InChI=1S/C16H13Cl2NO6S/c1-11(20)25-19(16(21)24-10-12-6-3-2-4-7-12)26(22,23)15-13(17)8-5-9-14(15)18/h2-9H,10H2,1H3. The summed E-state index contributed by atoms with van der Waals surface area (Å²) in [6.45, 7) is 0.699. The predicted octanol–water partition coefficient (Wildman–Crippen LogP) is 3.80. The molecule has 0 aliphatic rings. The van der Waals surface area contributed by atoms with Crippen LogP contribution in [-0.2, 0) is 31.0 Å². The van der Waals surface area contributed by atoms with Gasteiger partial charge in [-0.15, -0.1) is 0 Å². The van der Waals surface area contributed by atoms with Gasteiger partial charge >= 0.3 is 22.1 Å². The molecule has 0 aliphatic heterocycles. The Morgan fingerprint density at radius 1 is 1.00 bits per heavy atom. The Bertz CT molecular complexity index is 897. The number of sulfonamides is 1. The van der Waals surface area contributed by atoms with E-state index in [-0.39, 0.29) is 21.1 Å². The van der Waals surface area contributed by atoms with E-state index >= 15 is 0 Å². The Morgan fingerprint density at radius 3 is 2.12 bits per heavy atom. The minimum atomic E-state index is -4.71. The van der Waals surface area contributed by atoms with Crippen molar-refractivity contribution in [3.8, 4) is 0 Å². The summed E-state index contributed by atoms with van der Waals surface area (Å²) in [6, 6.07) is 12.5. The molecule has 0 saturated carbocycles. The number of carbonyl (C=O) groups is 2. The van der Waals surface area contributed by atoms with Crippen LogP contribution >= 0.6 is 23.2 Å². The number of rotatable bonds is 4. The molecule has 7 nitrogen and oxygen atoms in total. The molecule has 0 bridgehead atoms. The third-order valence-corrected chi connectivity index (χ3v) is 5.43. The molecule has 0 radical (unpaired) electrons. The molecule has 0 saturated heterocycles. The zero-order valence-electron chi connectivity index (χ0n) is 13.4. The molecule has 10 heteroatoms. The van der Waals surface area contributed by atoms with Gasteiger partial charge in [-0.2, -0.15) is 8.42 Å². The molecule has 2 aromatic rings. The van der Waals surface area contributed by atoms with Crippen LogP contribution < -0.4 is 0 Å². The molecular weight excluding hydrogens is 405 g/mol. The first-order valence-electron chi connectivity index (χ1n) is 7.12. The van der Waals surface area contributed by atoms with Gasteiger partial charge in [0.15, 0.2) is 0 Å². The molecule has 2 rings (SSSR count). The van der Waals surface area contributed by atoms with Crippen LogP contribution in [0.3, 0.4) is 0 Å². The number of ether oxygens (including phenoxy) is 1. The smallest absolute Gasteiger partial charge is 0.442 e. The molecule has 0 aliphatic carbocycles. The lowest BCUT2D eigenvalue weighted by Crippen LogP contribution is -2.39. The topological polar surface area (TPSA) is 90.0 Å². The van der Waals surface area contributed by atoms with E-state index < -0.39 is 27.0 Å². The number of hydroxylamine groups is 1. The quantitative estimate of drug-likeness (QED) is 0.702. The third kappa shape index (κ3) is 4.66. The van der Waals surface area contributed by atoms with Crippen LogP contribution in [0.25, 0.3) is 0 Å². The van der Waals surface area contributed by atoms with Crippen molar-refractivity contribution >= 4 is 45.3 Å². The van der Waals surface area contributed by atoms with E-state index in [0.717, 1.165) is 6.92 Å². The molecule has 138 valence electrons. The minimum absolute atomic E-state index is 0.175. The van der Waals surface area contributed by atoms with Crippen molar-refractivity contribution in [2.45, 2.75) is 18.4 Å². The minimum Gasteiger partial charge on any atom is -0.442 e. The first-order valence-corrected chi connectivity index (χ1v) is 9.31. The average Bonchev–Trinajstić information content (AvgIpc) is 2.58. The summed E-state index contributed by atoms with van der Waals surface area (Å²) in [7, 11) is -4.71. The summed E-state index contributed by atoms with van der Waals surface area (Å²) in [6.07, 6.45) is -1.42. The average molecular weight is 418 g/mol. The van der Waals surface area contributed by atoms with E-state index in [0.29, 0.717) is 5.56 Å². The molecule has 0 heterocycles. The maximum absolute atomic E-state index is 12.7. The summed E-state index contributed by atoms with van der Waals surface area (Å²) in [5.41, 5.74) is 0.608. The third-order valence-electron chi connectivity index (χ3n) is 2.96. The van der Waals surface area contributed by atoms with Crippen molar-refractivity contribution in [3.05, 3.63) is 64.1 Å². The van der Waals surface area contributed by atoms with Crippen LogP contribution in [0.15, 0.2) is 53.4 Å². The fourth-order valence-corrected chi connectivity index (χ4v) is 4.11. The summed E-state index contributed by atoms with van der Waals surface area (Å²) >= 11 is 11.8. The summed E-state index contributed by atoms with van der Waals surface area (Å²) in [4.78, 5) is 27.5. The van der Waals surface area contributed by atoms with Gasteiger partial charge in [-0.3, -0.25) is 0 Å². The Labute approximate surface area is 160 Å². The highest BCUT2D eigenvalue weighted by atomic mass is 35.5. The van der Waals surface area contributed by atoms with Crippen LogP contribution in [0.4, 0.5) is 4.79 Å². The molecule has 26 heavy (non-hydrogen) atoms. The number of nitrogens with zero attached hydrogens (tertiary/aromatic N) is 1. The lowest BCUT2D eigenvalue weighted by Gasteiger charge is -2.20. The van der Waals surface area contributed by atoms with Crippen molar-refractivity contribution in [2.75, 3.05) is 0 Å². The van der Waals surface area contributed by atoms with Crippen LogP contribution in [0.2, 0.25) is 10.0 Å². The maximum atomic E-state index is 12.7. The number of carbonyl (C=O) groups excluding carboxylic acids is 2. The summed E-state index contributed by atoms with van der Waals surface area (Å²) < 4.78 is 30.2. The van der Waals surface area contributed by atoms with E-state index in [2.05, 4.69) is 4.84 Å². The number of hydrogen-bond acceptors (Lipinski definition) is 6. The molecule has 0 fully saturated rings. The van der Waals surface area contributed by atoms with Gasteiger partial charge in [0.25, 0.3) is 0 Å². The number of halogens is 2. The van der Waals surface area contributed by atoms with Gasteiger partial charge in [-0.25, -0.2) is 9.59 Å². The zero-order chi connectivity index (χ0) is 19.3. The summed E-state index contributed by atoms with van der Waals surface area (Å²) in [5.74, 6) is -1.05. The molecule has 0 spiro atoms. The molecule has 0 atom stereocenters. The normalized spacial score (nSPS) is 10.9. The molecular formula is C16H13Cl2NO6S. The van der Waals surface area contributed by atoms with Gasteiger partial charge in [-0.1, -0.05) is 59.6 Å². The predicted molar refractivity (Wildman–Crippen MR) is 93.9 cm³/mol. The Morgan fingerprint density at radius 2 is 1.58 bits per heavy atom. The first-order chi connectivity index (χ1) is 12.2. The second kappa shape index (κ2) is 8.39. The number of amides is 1. The van der Waals surface area contributed by atoms with Crippen molar-refractivity contribution in [1.82, 2.24) is 4.47 Å². The monoisotopic (exact) mass is 417 g/mol. The molecule has 2 aromatic carbocycles. The lowest BCUT2D eigenvalue weighted by atomic mass is 10.2. The van der Waals surface area contributed by atoms with E-state index in [9.17, 15) is 18.0 Å². The van der Waals surface area contributed by atoms with Crippen molar-refractivity contribution in [2.24, 2.45) is 0 Å². The summed E-state index contributed by atoms with van der Waals surface area (Å²) in [5, 5.41) is -0.490. The van der Waals surface area contributed by atoms with Gasteiger partial charge in [0, 0.05) is 6.92 Å². The highest BCUT2D eigenvalue weighted by Gasteiger charge is 2.37. The lowest BCUT2D eigenvalue weighted by molar-refractivity contribution is -0.162. The Balaban J connectivity index is 2.34. The molecule has 1 amide bonds.